The smallest absolute Gasteiger partial charge is 0.236 e. The molecule has 0 saturated carbocycles. The lowest BCUT2D eigenvalue weighted by molar-refractivity contribution is -0.125. The molecule has 0 radical (unpaired) electrons. The first-order valence-electron chi connectivity index (χ1n) is 8.14. The molecule has 0 unspecified atom stereocenters. The largest absolute Gasteiger partial charge is 0.381 e. The van der Waals surface area contributed by atoms with Crippen LogP contribution in [0, 0.1) is 6.92 Å². The normalized spacial score (nSPS) is 17.0. The van der Waals surface area contributed by atoms with E-state index in [9.17, 15) is 4.79 Å². The van der Waals surface area contributed by atoms with Crippen molar-refractivity contribution in [1.82, 2.24) is 9.78 Å². The Morgan fingerprint density at radius 1 is 1.26 bits per heavy atom. The number of rotatable bonds is 4. The van der Waals surface area contributed by atoms with Gasteiger partial charge in [-0.05, 0) is 32.3 Å². The number of hydrogen-bond acceptors (Lipinski definition) is 3. The van der Waals surface area contributed by atoms with Crippen LogP contribution in [0.15, 0.2) is 36.5 Å². The number of aryl methyl sites for hydroxylation is 2. The van der Waals surface area contributed by atoms with E-state index in [4.69, 9.17) is 4.74 Å². The van der Waals surface area contributed by atoms with E-state index in [-0.39, 0.29) is 5.91 Å². The number of nitrogens with one attached hydrogen (secondary N) is 1. The lowest BCUT2D eigenvalue weighted by Crippen LogP contribution is -2.45. The van der Waals surface area contributed by atoms with Gasteiger partial charge in [0.15, 0.2) is 5.82 Å². The lowest BCUT2D eigenvalue weighted by atomic mass is 9.73. The molecule has 1 aliphatic heterocycles. The van der Waals surface area contributed by atoms with Gasteiger partial charge < -0.3 is 10.1 Å². The Morgan fingerprint density at radius 2 is 1.96 bits per heavy atom. The van der Waals surface area contributed by atoms with E-state index in [0.717, 1.165) is 12.1 Å². The minimum atomic E-state index is -0.540. The molecular formula is C18H23N3O2. The fraction of sp³-hybridized carbons (Fsp3) is 0.444. The highest BCUT2D eigenvalue weighted by Gasteiger charge is 2.41. The van der Waals surface area contributed by atoms with Crippen LogP contribution in [0.1, 0.15) is 30.9 Å². The van der Waals surface area contributed by atoms with Gasteiger partial charge in [-0.25, -0.2) is 0 Å². The Labute approximate surface area is 136 Å². The molecule has 1 saturated heterocycles. The van der Waals surface area contributed by atoms with Crippen LogP contribution in [0.3, 0.4) is 0 Å². The summed E-state index contributed by atoms with van der Waals surface area (Å²) in [5, 5.41) is 7.35. The average molecular weight is 313 g/mol. The molecule has 5 nitrogen and oxygen atoms in total. The van der Waals surface area contributed by atoms with Crippen molar-refractivity contribution >= 4 is 11.7 Å². The van der Waals surface area contributed by atoms with E-state index in [2.05, 4.69) is 41.6 Å². The minimum absolute atomic E-state index is 0.00556. The molecule has 0 aliphatic carbocycles. The summed E-state index contributed by atoms with van der Waals surface area (Å²) in [6.07, 6.45) is 3.25. The zero-order valence-corrected chi connectivity index (χ0v) is 13.7. The van der Waals surface area contributed by atoms with Gasteiger partial charge in [0.05, 0.1) is 5.41 Å². The summed E-state index contributed by atoms with van der Waals surface area (Å²) in [6.45, 7) is 6.06. The summed E-state index contributed by atoms with van der Waals surface area (Å²) in [5.74, 6) is 0.612. The average Bonchev–Trinajstić information content (AvgIpc) is 3.03. The Hall–Kier alpha value is -2.14. The number of anilines is 1. The first-order valence-corrected chi connectivity index (χ1v) is 8.14. The molecule has 0 spiro atoms. The topological polar surface area (TPSA) is 56.2 Å². The minimum Gasteiger partial charge on any atom is -0.381 e. The maximum Gasteiger partial charge on any atom is 0.236 e. The second-order valence-electron chi connectivity index (χ2n) is 6.07. The molecule has 3 rings (SSSR count). The van der Waals surface area contributed by atoms with Crippen LogP contribution >= 0.6 is 0 Å². The quantitative estimate of drug-likeness (QED) is 0.944. The number of ether oxygens (including phenoxy) is 1. The molecular weight excluding hydrogens is 290 g/mol. The van der Waals surface area contributed by atoms with Crippen molar-refractivity contribution in [1.29, 1.82) is 0 Å². The third-order valence-corrected chi connectivity index (χ3v) is 4.59. The summed E-state index contributed by atoms with van der Waals surface area (Å²) in [5.41, 5.74) is 1.71. The molecule has 1 aromatic carbocycles. The van der Waals surface area contributed by atoms with Gasteiger partial charge in [-0.2, -0.15) is 5.10 Å². The molecule has 1 aliphatic rings. The van der Waals surface area contributed by atoms with Gasteiger partial charge in [-0.15, -0.1) is 0 Å². The molecule has 1 fully saturated rings. The molecule has 5 heteroatoms. The highest BCUT2D eigenvalue weighted by molar-refractivity contribution is 5.98. The SMILES string of the molecule is CCn1ccc(NC(=O)C2(c3ccc(C)cc3)CCOCC2)n1. The Balaban J connectivity index is 1.88. The maximum atomic E-state index is 13.1. The van der Waals surface area contributed by atoms with Crippen molar-refractivity contribution in [3.63, 3.8) is 0 Å². The number of aromatic nitrogens is 2. The summed E-state index contributed by atoms with van der Waals surface area (Å²) in [6, 6.07) is 10.1. The van der Waals surface area contributed by atoms with Gasteiger partial charge in [0.1, 0.15) is 0 Å². The van der Waals surface area contributed by atoms with Gasteiger partial charge in [0, 0.05) is 32.0 Å². The maximum absolute atomic E-state index is 13.1. The van der Waals surface area contributed by atoms with Crippen molar-refractivity contribution in [2.24, 2.45) is 0 Å². The molecule has 122 valence electrons. The third-order valence-electron chi connectivity index (χ3n) is 4.59. The summed E-state index contributed by atoms with van der Waals surface area (Å²) in [7, 11) is 0. The predicted molar refractivity (Wildman–Crippen MR) is 89.4 cm³/mol. The molecule has 23 heavy (non-hydrogen) atoms. The molecule has 1 aromatic heterocycles. The van der Waals surface area contributed by atoms with Crippen LogP contribution in [0.2, 0.25) is 0 Å². The van der Waals surface area contributed by atoms with E-state index in [0.29, 0.717) is 31.9 Å². The first-order chi connectivity index (χ1) is 11.1. The second-order valence-corrected chi connectivity index (χ2v) is 6.07. The van der Waals surface area contributed by atoms with Crippen molar-refractivity contribution in [2.45, 2.75) is 38.6 Å². The molecule has 1 amide bonds. The third kappa shape index (κ3) is 3.15. The standard InChI is InChI=1S/C18H23N3O2/c1-3-21-11-8-16(20-21)19-17(22)18(9-12-23-13-10-18)15-6-4-14(2)5-7-15/h4-8,11H,3,9-10,12-13H2,1-2H3,(H,19,20,22). The van der Waals surface area contributed by atoms with Crippen LogP contribution in [0.5, 0.6) is 0 Å². The van der Waals surface area contributed by atoms with Crippen LogP contribution in [-0.2, 0) is 21.5 Å². The Bertz CT molecular complexity index is 670. The number of nitrogens with zero attached hydrogens (tertiary/aromatic N) is 2. The number of benzene rings is 1. The molecule has 2 heterocycles. The highest BCUT2D eigenvalue weighted by atomic mass is 16.5. The van der Waals surface area contributed by atoms with Crippen LogP contribution in [0.4, 0.5) is 5.82 Å². The zero-order chi connectivity index (χ0) is 16.3. The van der Waals surface area contributed by atoms with Crippen LogP contribution < -0.4 is 5.32 Å². The summed E-state index contributed by atoms with van der Waals surface area (Å²) < 4.78 is 7.30. The highest BCUT2D eigenvalue weighted by Crippen LogP contribution is 2.36. The zero-order valence-electron chi connectivity index (χ0n) is 13.7. The second kappa shape index (κ2) is 6.54. The molecule has 2 aromatic rings. The molecule has 0 bridgehead atoms. The fourth-order valence-corrected chi connectivity index (χ4v) is 3.08. The first kappa shape index (κ1) is 15.7. The summed E-state index contributed by atoms with van der Waals surface area (Å²) >= 11 is 0. The van der Waals surface area contributed by atoms with E-state index in [1.54, 1.807) is 4.68 Å². The van der Waals surface area contributed by atoms with Crippen molar-refractivity contribution in [3.05, 3.63) is 47.7 Å². The van der Waals surface area contributed by atoms with E-state index >= 15 is 0 Å². The fourth-order valence-electron chi connectivity index (χ4n) is 3.08. The van der Waals surface area contributed by atoms with E-state index in [1.165, 1.54) is 5.56 Å². The van der Waals surface area contributed by atoms with Gasteiger partial charge >= 0.3 is 0 Å². The van der Waals surface area contributed by atoms with Crippen molar-refractivity contribution in [2.75, 3.05) is 18.5 Å². The number of carbonyl (C=O) groups is 1. The van der Waals surface area contributed by atoms with Gasteiger partial charge in [-0.1, -0.05) is 29.8 Å². The van der Waals surface area contributed by atoms with Crippen LogP contribution in [0.25, 0.3) is 0 Å². The lowest BCUT2D eigenvalue weighted by Gasteiger charge is -2.36. The van der Waals surface area contributed by atoms with Crippen molar-refractivity contribution < 1.29 is 9.53 Å². The van der Waals surface area contributed by atoms with E-state index in [1.807, 2.05) is 19.2 Å². The van der Waals surface area contributed by atoms with Crippen LogP contribution in [-0.4, -0.2) is 28.9 Å². The van der Waals surface area contributed by atoms with Crippen molar-refractivity contribution in [3.8, 4) is 0 Å². The van der Waals surface area contributed by atoms with Gasteiger partial charge in [0.25, 0.3) is 0 Å². The monoisotopic (exact) mass is 313 g/mol. The summed E-state index contributed by atoms with van der Waals surface area (Å²) in [4.78, 5) is 13.1. The van der Waals surface area contributed by atoms with Gasteiger partial charge in [0.2, 0.25) is 5.91 Å². The number of hydrogen-bond donors (Lipinski definition) is 1. The number of carbonyl (C=O) groups excluding carboxylic acids is 1. The predicted octanol–water partition coefficient (Wildman–Crippen LogP) is 2.90. The Kier molecular flexibility index (Phi) is 4.48. The number of amides is 1. The van der Waals surface area contributed by atoms with Gasteiger partial charge in [-0.3, -0.25) is 9.48 Å². The molecule has 0 atom stereocenters. The Morgan fingerprint density at radius 3 is 2.57 bits per heavy atom. The van der Waals surface area contributed by atoms with E-state index < -0.39 is 5.41 Å². The molecule has 1 N–H and O–H groups in total.